The largest absolute Gasteiger partial charge is 0.450 e. The van der Waals surface area contributed by atoms with Crippen molar-refractivity contribution >= 4 is 23.7 Å². The molecule has 1 saturated heterocycles. The van der Waals surface area contributed by atoms with Crippen molar-refractivity contribution in [1.29, 1.82) is 0 Å². The Labute approximate surface area is 231 Å². The van der Waals surface area contributed by atoms with Gasteiger partial charge in [0.15, 0.2) is 0 Å². The van der Waals surface area contributed by atoms with E-state index >= 15 is 4.39 Å². The Balaban J connectivity index is 1.65. The van der Waals surface area contributed by atoms with Crippen LogP contribution in [-0.2, 0) is 9.47 Å². The Kier molecular flexibility index (Phi) is 12.9. The molecule has 0 radical (unpaired) electrons. The molecule has 2 fully saturated rings. The van der Waals surface area contributed by atoms with E-state index in [1.165, 1.54) is 38.2 Å². The van der Waals surface area contributed by atoms with E-state index in [4.69, 9.17) is 21.1 Å². The molecule has 3 amide bonds. The van der Waals surface area contributed by atoms with Crippen LogP contribution in [0.1, 0.15) is 70.0 Å². The first-order valence-corrected chi connectivity index (χ1v) is 14.5. The number of hydrogen-bond donors (Lipinski definition) is 3. The molecule has 1 aromatic rings. The lowest BCUT2D eigenvalue weighted by Gasteiger charge is -2.38. The van der Waals surface area contributed by atoms with E-state index in [0.717, 1.165) is 25.8 Å². The molecule has 3 atom stereocenters. The van der Waals surface area contributed by atoms with Crippen molar-refractivity contribution in [3.8, 4) is 0 Å². The van der Waals surface area contributed by atoms with E-state index in [-0.39, 0.29) is 42.8 Å². The number of halogens is 2. The highest BCUT2D eigenvalue weighted by molar-refractivity contribution is 6.30. The standard InChI is InChI=1S/C28H44ClFN4O4/c1-3-37-28(36)32-14-16-38-26(23-12-7-13-24(29)25(23)30)21-11-8-15-34(19-21)27(35)33-22(18-31-2)17-20-9-5-4-6-10-20/h7,12-13,20-22,26,31H,3-6,8-11,14-19H2,1-2H3,(H,32,36)(H,33,35)/t21-,22+,26?/m1/s1. The van der Waals surface area contributed by atoms with Crippen LogP contribution in [-0.4, -0.2) is 69.5 Å². The second-order valence-corrected chi connectivity index (χ2v) is 10.8. The van der Waals surface area contributed by atoms with Crippen molar-refractivity contribution in [2.75, 3.05) is 46.4 Å². The third kappa shape index (κ3) is 9.27. The molecule has 1 heterocycles. The predicted molar refractivity (Wildman–Crippen MR) is 147 cm³/mol. The summed E-state index contributed by atoms with van der Waals surface area (Å²) in [6.07, 6.45) is 7.75. The predicted octanol–water partition coefficient (Wildman–Crippen LogP) is 5.26. The van der Waals surface area contributed by atoms with Gasteiger partial charge in [-0.1, -0.05) is 55.8 Å². The van der Waals surface area contributed by atoms with Crippen LogP contribution in [0.2, 0.25) is 5.02 Å². The summed E-state index contributed by atoms with van der Waals surface area (Å²) in [5.41, 5.74) is 0.367. The molecule has 0 spiro atoms. The second kappa shape index (κ2) is 16.1. The molecule has 0 aromatic heterocycles. The van der Waals surface area contributed by atoms with E-state index in [2.05, 4.69) is 16.0 Å². The lowest BCUT2D eigenvalue weighted by molar-refractivity contribution is -0.0107. The lowest BCUT2D eigenvalue weighted by atomic mass is 9.85. The van der Waals surface area contributed by atoms with Gasteiger partial charge >= 0.3 is 12.1 Å². The van der Waals surface area contributed by atoms with Gasteiger partial charge < -0.3 is 30.3 Å². The quantitative estimate of drug-likeness (QED) is 0.306. The highest BCUT2D eigenvalue weighted by atomic mass is 35.5. The molecule has 0 bridgehead atoms. The summed E-state index contributed by atoms with van der Waals surface area (Å²) in [5.74, 6) is 0.0233. The number of piperidine rings is 1. The molecular weight excluding hydrogens is 511 g/mol. The van der Waals surface area contributed by atoms with E-state index in [1.54, 1.807) is 19.1 Å². The maximum absolute atomic E-state index is 15.1. The van der Waals surface area contributed by atoms with Gasteiger partial charge in [0.1, 0.15) is 5.82 Å². The van der Waals surface area contributed by atoms with Crippen molar-refractivity contribution in [3.05, 3.63) is 34.6 Å². The van der Waals surface area contributed by atoms with Gasteiger partial charge in [-0.2, -0.15) is 0 Å². The number of rotatable bonds is 12. The fourth-order valence-corrected chi connectivity index (χ4v) is 5.90. The zero-order valence-corrected chi connectivity index (χ0v) is 23.5. The fourth-order valence-electron chi connectivity index (χ4n) is 5.71. The van der Waals surface area contributed by atoms with Crippen LogP contribution in [0.15, 0.2) is 18.2 Å². The Morgan fingerprint density at radius 3 is 2.71 bits per heavy atom. The summed E-state index contributed by atoms with van der Waals surface area (Å²) in [6, 6.07) is 4.88. The van der Waals surface area contributed by atoms with Crippen molar-refractivity contribution in [1.82, 2.24) is 20.9 Å². The highest BCUT2D eigenvalue weighted by Crippen LogP contribution is 2.36. The molecule has 10 heteroatoms. The van der Waals surface area contributed by atoms with Crippen molar-refractivity contribution in [2.45, 2.75) is 70.4 Å². The molecule has 2 aliphatic rings. The van der Waals surface area contributed by atoms with Crippen LogP contribution >= 0.6 is 11.6 Å². The first-order valence-electron chi connectivity index (χ1n) is 14.1. The second-order valence-electron chi connectivity index (χ2n) is 10.4. The Morgan fingerprint density at radius 2 is 1.97 bits per heavy atom. The summed E-state index contributed by atoms with van der Waals surface area (Å²) >= 11 is 6.10. The van der Waals surface area contributed by atoms with Crippen LogP contribution in [0.5, 0.6) is 0 Å². The molecule has 38 heavy (non-hydrogen) atoms. The Hall–Kier alpha value is -2.10. The number of nitrogens with one attached hydrogen (secondary N) is 3. The first kappa shape index (κ1) is 30.4. The number of hydrogen-bond acceptors (Lipinski definition) is 5. The molecule has 1 saturated carbocycles. The number of likely N-dealkylation sites (tertiary alicyclic amines) is 1. The van der Waals surface area contributed by atoms with Crippen LogP contribution in [0.4, 0.5) is 14.0 Å². The minimum absolute atomic E-state index is 0.0313. The lowest BCUT2D eigenvalue weighted by Crippen LogP contribution is -2.52. The van der Waals surface area contributed by atoms with Crippen LogP contribution < -0.4 is 16.0 Å². The summed E-state index contributed by atoms with van der Waals surface area (Å²) in [4.78, 5) is 26.8. The van der Waals surface area contributed by atoms with E-state index < -0.39 is 18.0 Å². The number of urea groups is 1. The van der Waals surface area contributed by atoms with Gasteiger partial charge in [-0.3, -0.25) is 0 Å². The molecule has 1 aliphatic heterocycles. The average molecular weight is 555 g/mol. The Morgan fingerprint density at radius 1 is 1.18 bits per heavy atom. The summed E-state index contributed by atoms with van der Waals surface area (Å²) in [6.45, 7) is 4.23. The number of benzene rings is 1. The normalized spacial score (nSPS) is 20.0. The zero-order chi connectivity index (χ0) is 27.3. The van der Waals surface area contributed by atoms with Gasteiger partial charge in [0.2, 0.25) is 0 Å². The maximum Gasteiger partial charge on any atom is 0.407 e. The van der Waals surface area contributed by atoms with E-state index in [0.29, 0.717) is 24.6 Å². The smallest absolute Gasteiger partial charge is 0.407 e. The number of likely N-dealkylation sites (N-methyl/N-ethyl adjacent to an activating group) is 1. The molecule has 1 aromatic carbocycles. The average Bonchev–Trinajstić information content (AvgIpc) is 2.91. The third-order valence-corrected chi connectivity index (χ3v) is 7.82. The topological polar surface area (TPSA) is 91.9 Å². The summed E-state index contributed by atoms with van der Waals surface area (Å²) in [5, 5.41) is 9.14. The van der Waals surface area contributed by atoms with Crippen LogP contribution in [0, 0.1) is 17.7 Å². The van der Waals surface area contributed by atoms with Gasteiger partial charge in [-0.15, -0.1) is 0 Å². The van der Waals surface area contributed by atoms with E-state index in [9.17, 15) is 9.59 Å². The van der Waals surface area contributed by atoms with Gasteiger partial charge in [0.25, 0.3) is 0 Å². The van der Waals surface area contributed by atoms with Crippen LogP contribution in [0.25, 0.3) is 0 Å². The number of carbonyl (C=O) groups is 2. The first-order chi connectivity index (χ1) is 18.4. The summed E-state index contributed by atoms with van der Waals surface area (Å²) < 4.78 is 26.1. The molecule has 1 unspecified atom stereocenters. The van der Waals surface area contributed by atoms with Crippen molar-refractivity contribution in [2.24, 2.45) is 11.8 Å². The van der Waals surface area contributed by atoms with Gasteiger partial charge in [0.05, 0.1) is 24.3 Å². The van der Waals surface area contributed by atoms with E-state index in [1.807, 2.05) is 11.9 Å². The number of ether oxygens (including phenoxy) is 2. The third-order valence-electron chi connectivity index (χ3n) is 7.53. The molecule has 3 rings (SSSR count). The maximum atomic E-state index is 15.1. The van der Waals surface area contributed by atoms with Crippen LogP contribution in [0.3, 0.4) is 0 Å². The fraction of sp³-hybridized carbons (Fsp3) is 0.714. The number of alkyl carbamates (subject to hydrolysis) is 1. The summed E-state index contributed by atoms with van der Waals surface area (Å²) in [7, 11) is 1.91. The van der Waals surface area contributed by atoms with Gasteiger partial charge in [-0.05, 0) is 45.2 Å². The van der Waals surface area contributed by atoms with Crippen molar-refractivity contribution in [3.63, 3.8) is 0 Å². The minimum Gasteiger partial charge on any atom is -0.450 e. The van der Waals surface area contributed by atoms with Crippen molar-refractivity contribution < 1.29 is 23.5 Å². The molecule has 214 valence electrons. The molecule has 1 aliphatic carbocycles. The number of carbonyl (C=O) groups excluding carboxylic acids is 2. The highest BCUT2D eigenvalue weighted by Gasteiger charge is 2.33. The SMILES string of the molecule is CCOC(=O)NCCOC(c1cccc(Cl)c1F)[C@@H]1CCCN(C(=O)N[C@H](CNC)CC2CCCCC2)C1. The molecule has 8 nitrogen and oxygen atoms in total. The monoisotopic (exact) mass is 554 g/mol. The number of nitrogens with zero attached hydrogens (tertiary/aromatic N) is 1. The molecule has 3 N–H and O–H groups in total. The zero-order valence-electron chi connectivity index (χ0n) is 22.8. The molecular formula is C28H44ClFN4O4. The van der Waals surface area contributed by atoms with Gasteiger partial charge in [-0.25, -0.2) is 14.0 Å². The number of amides is 3. The Bertz CT molecular complexity index is 886. The minimum atomic E-state index is -0.608. The van der Waals surface area contributed by atoms with Gasteiger partial charge in [0, 0.05) is 43.7 Å².